The summed E-state index contributed by atoms with van der Waals surface area (Å²) in [5.74, 6) is -0.956. The van der Waals surface area contributed by atoms with Gasteiger partial charge in [0.15, 0.2) is 0 Å². The van der Waals surface area contributed by atoms with Gasteiger partial charge in [-0.25, -0.2) is 4.98 Å². The van der Waals surface area contributed by atoms with Crippen LogP contribution in [0.3, 0.4) is 0 Å². The molecule has 1 aromatic rings. The summed E-state index contributed by atoms with van der Waals surface area (Å²) in [5.41, 5.74) is -1.29. The van der Waals surface area contributed by atoms with Crippen molar-refractivity contribution in [2.24, 2.45) is 5.41 Å². The molecule has 1 aliphatic heterocycles. The first-order valence-corrected chi connectivity index (χ1v) is 6.41. The summed E-state index contributed by atoms with van der Waals surface area (Å²) < 4.78 is 4.90. The molecule has 0 bridgehead atoms. The van der Waals surface area contributed by atoms with Gasteiger partial charge in [-0.15, -0.1) is 0 Å². The second kappa shape index (κ2) is 5.51. The van der Waals surface area contributed by atoms with Crippen LogP contribution in [-0.4, -0.2) is 46.2 Å². The summed E-state index contributed by atoms with van der Waals surface area (Å²) in [6, 6.07) is 0. The van der Waals surface area contributed by atoms with Gasteiger partial charge in [0.1, 0.15) is 6.33 Å². The van der Waals surface area contributed by atoms with Crippen LogP contribution >= 0.6 is 0 Å². The summed E-state index contributed by atoms with van der Waals surface area (Å²) in [6.45, 7) is 2.29. The van der Waals surface area contributed by atoms with Crippen molar-refractivity contribution in [3.05, 3.63) is 16.4 Å². The van der Waals surface area contributed by atoms with E-state index in [-0.39, 0.29) is 23.9 Å². The normalized spacial score (nSPS) is 21.9. The molecule has 0 aliphatic carbocycles. The number of aromatic nitrogens is 2. The van der Waals surface area contributed by atoms with Crippen molar-refractivity contribution in [2.75, 3.05) is 25.1 Å². The molecule has 21 heavy (non-hydrogen) atoms. The maximum absolute atomic E-state index is 11.4. The number of aliphatic carboxylic acids is 1. The zero-order valence-corrected chi connectivity index (χ0v) is 11.8. The van der Waals surface area contributed by atoms with Gasteiger partial charge in [0.05, 0.1) is 17.4 Å². The minimum absolute atomic E-state index is 0.0963. The molecule has 0 amide bonds. The van der Waals surface area contributed by atoms with Crippen LogP contribution in [0.4, 0.5) is 11.5 Å². The van der Waals surface area contributed by atoms with Gasteiger partial charge in [0.2, 0.25) is 5.82 Å². The number of hydrogen-bond acceptors (Lipinski definition) is 7. The van der Waals surface area contributed by atoms with Crippen LogP contribution in [0.5, 0.6) is 5.88 Å². The fourth-order valence-corrected chi connectivity index (χ4v) is 2.49. The highest BCUT2D eigenvalue weighted by molar-refractivity contribution is 5.76. The van der Waals surface area contributed by atoms with Crippen LogP contribution in [-0.2, 0) is 4.79 Å². The van der Waals surface area contributed by atoms with Gasteiger partial charge in [0, 0.05) is 13.1 Å². The lowest BCUT2D eigenvalue weighted by Gasteiger charge is -2.37. The summed E-state index contributed by atoms with van der Waals surface area (Å²) in [5, 5.41) is 20.6. The summed E-state index contributed by atoms with van der Waals surface area (Å²) >= 11 is 0. The minimum atomic E-state index is -0.954. The molecule has 1 atom stereocenters. The van der Waals surface area contributed by atoms with E-state index < -0.39 is 16.3 Å². The molecule has 1 aliphatic rings. The number of anilines is 1. The van der Waals surface area contributed by atoms with Crippen LogP contribution in [0.15, 0.2) is 6.33 Å². The third-order valence-corrected chi connectivity index (χ3v) is 3.66. The van der Waals surface area contributed by atoms with E-state index in [1.165, 1.54) is 13.4 Å². The first kappa shape index (κ1) is 14.9. The van der Waals surface area contributed by atoms with Crippen molar-refractivity contribution in [1.82, 2.24) is 9.97 Å². The number of piperidine rings is 1. The van der Waals surface area contributed by atoms with Gasteiger partial charge in [-0.05, 0) is 19.8 Å². The van der Waals surface area contributed by atoms with E-state index in [4.69, 9.17) is 4.74 Å². The molecule has 0 radical (unpaired) electrons. The van der Waals surface area contributed by atoms with Crippen molar-refractivity contribution in [3.8, 4) is 5.88 Å². The van der Waals surface area contributed by atoms with E-state index in [0.29, 0.717) is 19.4 Å². The Balaban J connectivity index is 2.42. The second-order valence-corrected chi connectivity index (χ2v) is 5.20. The number of ether oxygens (including phenoxy) is 1. The van der Waals surface area contributed by atoms with Crippen LogP contribution in [0, 0.1) is 15.5 Å². The Labute approximate surface area is 120 Å². The Morgan fingerprint density at radius 3 is 2.86 bits per heavy atom. The predicted octanol–water partition coefficient (Wildman–Crippen LogP) is 1.08. The Morgan fingerprint density at radius 1 is 1.57 bits per heavy atom. The standard InChI is InChI=1S/C12H16N4O5/c1-12(11(17)18)4-3-5-15(6-12)9-8(16(19)20)10(21-2)14-7-13-9/h7H,3-6H2,1-2H3,(H,17,18). The van der Waals surface area contributed by atoms with E-state index in [0.717, 1.165) is 0 Å². The van der Waals surface area contributed by atoms with E-state index in [1.807, 2.05) is 0 Å². The van der Waals surface area contributed by atoms with Gasteiger partial charge < -0.3 is 14.7 Å². The largest absolute Gasteiger partial charge is 0.481 e. The Morgan fingerprint density at radius 2 is 2.29 bits per heavy atom. The highest BCUT2D eigenvalue weighted by Gasteiger charge is 2.40. The van der Waals surface area contributed by atoms with Crippen LogP contribution in [0.25, 0.3) is 0 Å². The van der Waals surface area contributed by atoms with Gasteiger partial charge >= 0.3 is 11.7 Å². The maximum atomic E-state index is 11.4. The van der Waals surface area contributed by atoms with Crippen molar-refractivity contribution in [2.45, 2.75) is 19.8 Å². The number of nitrogens with zero attached hydrogens (tertiary/aromatic N) is 4. The molecule has 1 N–H and O–H groups in total. The first-order valence-electron chi connectivity index (χ1n) is 6.41. The lowest BCUT2D eigenvalue weighted by molar-refractivity contribution is -0.385. The predicted molar refractivity (Wildman–Crippen MR) is 72.4 cm³/mol. The molecule has 1 unspecified atom stereocenters. The molecule has 1 saturated heterocycles. The molecule has 0 aromatic carbocycles. The van der Waals surface area contributed by atoms with Gasteiger partial charge in [-0.1, -0.05) is 0 Å². The average molecular weight is 296 g/mol. The molecule has 2 heterocycles. The highest BCUT2D eigenvalue weighted by atomic mass is 16.6. The summed E-state index contributed by atoms with van der Waals surface area (Å²) in [4.78, 5) is 31.3. The minimum Gasteiger partial charge on any atom is -0.481 e. The molecular weight excluding hydrogens is 280 g/mol. The van der Waals surface area contributed by atoms with E-state index in [2.05, 4.69) is 9.97 Å². The van der Waals surface area contributed by atoms with Crippen molar-refractivity contribution in [3.63, 3.8) is 0 Å². The number of carbonyl (C=O) groups is 1. The van der Waals surface area contributed by atoms with Gasteiger partial charge in [-0.2, -0.15) is 4.98 Å². The Hall–Kier alpha value is -2.45. The molecule has 1 aromatic heterocycles. The Bertz CT molecular complexity index is 579. The average Bonchev–Trinajstić information content (AvgIpc) is 2.46. The van der Waals surface area contributed by atoms with E-state index in [9.17, 15) is 20.0 Å². The molecule has 1 fully saturated rings. The lowest BCUT2D eigenvalue weighted by Crippen LogP contribution is -2.46. The number of nitro groups is 1. The van der Waals surface area contributed by atoms with Crippen molar-refractivity contribution < 1.29 is 19.6 Å². The number of methoxy groups -OCH3 is 1. The quantitative estimate of drug-likeness (QED) is 0.647. The zero-order chi connectivity index (χ0) is 15.6. The van der Waals surface area contributed by atoms with Crippen molar-refractivity contribution >= 4 is 17.5 Å². The molecule has 9 nitrogen and oxygen atoms in total. The molecule has 0 saturated carbocycles. The molecule has 2 rings (SSSR count). The molecule has 9 heteroatoms. The monoisotopic (exact) mass is 296 g/mol. The fourth-order valence-electron chi connectivity index (χ4n) is 2.49. The Kier molecular flexibility index (Phi) is 3.92. The van der Waals surface area contributed by atoms with Gasteiger partial charge in [-0.3, -0.25) is 14.9 Å². The number of hydrogen-bond donors (Lipinski definition) is 1. The maximum Gasteiger partial charge on any atom is 0.372 e. The smallest absolute Gasteiger partial charge is 0.372 e. The number of carboxylic acid groups (broad SMARTS) is 1. The third-order valence-electron chi connectivity index (χ3n) is 3.66. The second-order valence-electron chi connectivity index (χ2n) is 5.20. The molecule has 0 spiro atoms. The third kappa shape index (κ3) is 2.71. The van der Waals surface area contributed by atoms with Crippen LogP contribution < -0.4 is 9.64 Å². The number of rotatable bonds is 4. The van der Waals surface area contributed by atoms with Crippen LogP contribution in [0.2, 0.25) is 0 Å². The van der Waals surface area contributed by atoms with Gasteiger partial charge in [0.25, 0.3) is 5.88 Å². The molecular formula is C12H16N4O5. The topological polar surface area (TPSA) is 119 Å². The summed E-state index contributed by atoms with van der Waals surface area (Å²) in [6.07, 6.45) is 2.31. The fraction of sp³-hybridized carbons (Fsp3) is 0.583. The van der Waals surface area contributed by atoms with Crippen molar-refractivity contribution in [1.29, 1.82) is 0 Å². The zero-order valence-electron chi connectivity index (χ0n) is 11.8. The molecule has 114 valence electrons. The van der Waals surface area contributed by atoms with E-state index >= 15 is 0 Å². The number of carboxylic acids is 1. The lowest BCUT2D eigenvalue weighted by atomic mass is 9.82. The summed E-state index contributed by atoms with van der Waals surface area (Å²) in [7, 11) is 1.29. The first-order chi connectivity index (χ1) is 9.89. The van der Waals surface area contributed by atoms with E-state index in [1.54, 1.807) is 11.8 Å². The SMILES string of the molecule is COc1ncnc(N2CCCC(C)(C(=O)O)C2)c1[N+](=O)[O-]. The van der Waals surface area contributed by atoms with Crippen LogP contribution in [0.1, 0.15) is 19.8 Å². The highest BCUT2D eigenvalue weighted by Crippen LogP contribution is 2.38.